The van der Waals surface area contributed by atoms with Gasteiger partial charge in [0.05, 0.1) is 11.0 Å². The van der Waals surface area contributed by atoms with Crippen molar-refractivity contribution in [3.05, 3.63) is 64.4 Å². The Balaban J connectivity index is 1.50. The SMILES string of the molecule is CCn1c(=O)c(N2CCN(C(=O)Nc3ccccc3C)CC2)nc2ccccc21. The number of carbonyl (C=O) groups excluding carboxylic acids is 1. The van der Waals surface area contributed by atoms with Crippen molar-refractivity contribution in [3.63, 3.8) is 0 Å². The van der Waals surface area contributed by atoms with Crippen molar-refractivity contribution in [3.8, 4) is 0 Å². The highest BCUT2D eigenvalue weighted by Crippen LogP contribution is 2.17. The highest BCUT2D eigenvalue weighted by molar-refractivity contribution is 5.90. The van der Waals surface area contributed by atoms with Crippen LogP contribution in [0.4, 0.5) is 16.3 Å². The molecule has 2 heterocycles. The molecule has 1 fully saturated rings. The molecule has 3 aromatic rings. The predicted molar refractivity (Wildman–Crippen MR) is 116 cm³/mol. The summed E-state index contributed by atoms with van der Waals surface area (Å²) in [7, 11) is 0. The fourth-order valence-corrected chi connectivity index (χ4v) is 3.73. The van der Waals surface area contributed by atoms with E-state index in [0.717, 1.165) is 22.3 Å². The molecule has 1 aliphatic heterocycles. The first kappa shape index (κ1) is 19.0. The van der Waals surface area contributed by atoms with Gasteiger partial charge in [-0.1, -0.05) is 30.3 Å². The Morgan fingerprint density at radius 3 is 2.45 bits per heavy atom. The number of aryl methyl sites for hydroxylation is 2. The maximum atomic E-state index is 13.0. The van der Waals surface area contributed by atoms with E-state index < -0.39 is 0 Å². The Hall–Kier alpha value is -3.35. The molecule has 1 saturated heterocycles. The maximum absolute atomic E-state index is 13.0. The highest BCUT2D eigenvalue weighted by atomic mass is 16.2. The van der Waals surface area contributed by atoms with Crippen molar-refractivity contribution in [2.24, 2.45) is 0 Å². The van der Waals surface area contributed by atoms with Gasteiger partial charge in [-0.3, -0.25) is 4.79 Å². The van der Waals surface area contributed by atoms with Crippen molar-refractivity contribution in [2.45, 2.75) is 20.4 Å². The first-order valence-electron chi connectivity index (χ1n) is 9.94. The summed E-state index contributed by atoms with van der Waals surface area (Å²) in [6.07, 6.45) is 0. The van der Waals surface area contributed by atoms with Crippen LogP contribution in [0.1, 0.15) is 12.5 Å². The number of fused-ring (bicyclic) bond motifs is 1. The lowest BCUT2D eigenvalue weighted by Gasteiger charge is -2.35. The van der Waals surface area contributed by atoms with E-state index in [9.17, 15) is 9.59 Å². The van der Waals surface area contributed by atoms with Crippen LogP contribution in [0.25, 0.3) is 11.0 Å². The summed E-state index contributed by atoms with van der Waals surface area (Å²) in [4.78, 5) is 34.0. The van der Waals surface area contributed by atoms with Crippen LogP contribution in [-0.2, 0) is 6.54 Å². The Labute approximate surface area is 169 Å². The van der Waals surface area contributed by atoms with E-state index in [4.69, 9.17) is 0 Å². The summed E-state index contributed by atoms with van der Waals surface area (Å²) in [5, 5.41) is 2.98. The van der Waals surface area contributed by atoms with Crippen molar-refractivity contribution in [1.29, 1.82) is 0 Å². The second-order valence-electron chi connectivity index (χ2n) is 7.19. The van der Waals surface area contributed by atoms with E-state index in [1.165, 1.54) is 0 Å². The Bertz CT molecular complexity index is 1100. The van der Waals surface area contributed by atoms with Gasteiger partial charge in [-0.15, -0.1) is 0 Å². The maximum Gasteiger partial charge on any atom is 0.321 e. The van der Waals surface area contributed by atoms with Crippen LogP contribution in [-0.4, -0.2) is 46.7 Å². The zero-order valence-corrected chi connectivity index (χ0v) is 16.8. The van der Waals surface area contributed by atoms with Crippen LogP contribution >= 0.6 is 0 Å². The van der Waals surface area contributed by atoms with Crippen molar-refractivity contribution in [1.82, 2.24) is 14.5 Å². The molecule has 0 atom stereocenters. The van der Waals surface area contributed by atoms with Gasteiger partial charge in [0.25, 0.3) is 5.56 Å². The molecule has 7 nitrogen and oxygen atoms in total. The van der Waals surface area contributed by atoms with Gasteiger partial charge < -0.3 is 19.7 Å². The number of nitrogens with one attached hydrogen (secondary N) is 1. The minimum absolute atomic E-state index is 0.0796. The molecular formula is C22H25N5O2. The smallest absolute Gasteiger partial charge is 0.321 e. The summed E-state index contributed by atoms with van der Waals surface area (Å²) in [6, 6.07) is 15.3. The fraction of sp³-hybridized carbons (Fsp3) is 0.318. The number of amides is 2. The summed E-state index contributed by atoms with van der Waals surface area (Å²) in [5.41, 5.74) is 3.43. The minimum Gasteiger partial charge on any atom is -0.348 e. The summed E-state index contributed by atoms with van der Waals surface area (Å²) < 4.78 is 1.76. The molecule has 0 bridgehead atoms. The van der Waals surface area contributed by atoms with Gasteiger partial charge in [-0.05, 0) is 37.6 Å². The van der Waals surface area contributed by atoms with E-state index in [2.05, 4.69) is 10.3 Å². The summed E-state index contributed by atoms with van der Waals surface area (Å²) in [6.45, 7) is 6.75. The number of rotatable bonds is 3. The van der Waals surface area contributed by atoms with Crippen LogP contribution in [0.3, 0.4) is 0 Å². The highest BCUT2D eigenvalue weighted by Gasteiger charge is 2.24. The molecule has 1 aliphatic rings. The fourth-order valence-electron chi connectivity index (χ4n) is 3.73. The van der Waals surface area contributed by atoms with Gasteiger partial charge in [0.2, 0.25) is 0 Å². The van der Waals surface area contributed by atoms with Gasteiger partial charge in [-0.25, -0.2) is 9.78 Å². The third kappa shape index (κ3) is 3.68. The van der Waals surface area contributed by atoms with Crippen molar-refractivity contribution < 1.29 is 4.79 Å². The topological polar surface area (TPSA) is 70.5 Å². The van der Waals surface area contributed by atoms with Gasteiger partial charge in [0, 0.05) is 38.4 Å². The minimum atomic E-state index is -0.114. The number of urea groups is 1. The molecule has 0 radical (unpaired) electrons. The van der Waals surface area contributed by atoms with E-state index >= 15 is 0 Å². The number of nitrogens with zero attached hydrogens (tertiary/aromatic N) is 4. The molecule has 1 N–H and O–H groups in total. The number of anilines is 2. The molecule has 2 amide bonds. The predicted octanol–water partition coefficient (Wildman–Crippen LogP) is 3.08. The average molecular weight is 391 g/mol. The lowest BCUT2D eigenvalue weighted by molar-refractivity contribution is 0.208. The van der Waals surface area contributed by atoms with E-state index in [1.807, 2.05) is 67.3 Å². The number of carbonyl (C=O) groups is 1. The molecule has 1 aromatic heterocycles. The van der Waals surface area contributed by atoms with Gasteiger partial charge in [-0.2, -0.15) is 0 Å². The second kappa shape index (κ2) is 7.95. The number of hydrogen-bond acceptors (Lipinski definition) is 4. The monoisotopic (exact) mass is 391 g/mol. The van der Waals surface area contributed by atoms with Crippen LogP contribution < -0.4 is 15.8 Å². The molecule has 29 heavy (non-hydrogen) atoms. The molecule has 150 valence electrons. The normalized spacial score (nSPS) is 14.3. The molecule has 7 heteroatoms. The zero-order chi connectivity index (χ0) is 20.4. The average Bonchev–Trinajstić information content (AvgIpc) is 2.75. The summed E-state index contributed by atoms with van der Waals surface area (Å²) >= 11 is 0. The quantitative estimate of drug-likeness (QED) is 0.745. The first-order valence-corrected chi connectivity index (χ1v) is 9.94. The second-order valence-corrected chi connectivity index (χ2v) is 7.19. The van der Waals surface area contributed by atoms with Crippen LogP contribution in [0, 0.1) is 6.92 Å². The zero-order valence-electron chi connectivity index (χ0n) is 16.8. The van der Waals surface area contributed by atoms with Gasteiger partial charge in [0.1, 0.15) is 0 Å². The van der Waals surface area contributed by atoms with Crippen LogP contribution in [0.15, 0.2) is 53.3 Å². The van der Waals surface area contributed by atoms with Crippen LogP contribution in [0.5, 0.6) is 0 Å². The number of piperazine rings is 1. The van der Waals surface area contributed by atoms with Gasteiger partial charge in [0.15, 0.2) is 5.82 Å². The molecule has 2 aromatic carbocycles. The van der Waals surface area contributed by atoms with E-state index in [0.29, 0.717) is 38.5 Å². The van der Waals surface area contributed by atoms with Crippen LogP contribution in [0.2, 0.25) is 0 Å². The number of para-hydroxylation sites is 3. The molecular weight excluding hydrogens is 366 g/mol. The third-order valence-electron chi connectivity index (χ3n) is 5.40. The lowest BCUT2D eigenvalue weighted by Crippen LogP contribution is -2.51. The first-order chi connectivity index (χ1) is 14.1. The molecule has 0 aliphatic carbocycles. The summed E-state index contributed by atoms with van der Waals surface area (Å²) in [5.74, 6) is 0.463. The van der Waals surface area contributed by atoms with Gasteiger partial charge >= 0.3 is 6.03 Å². The van der Waals surface area contributed by atoms with E-state index in [-0.39, 0.29) is 11.6 Å². The standard InChI is InChI=1S/C22H25N5O2/c1-3-27-19-11-7-6-10-18(19)23-20(21(27)28)25-12-14-26(15-13-25)22(29)24-17-9-5-4-8-16(17)2/h4-11H,3,12-15H2,1-2H3,(H,24,29). The molecule has 0 saturated carbocycles. The molecule has 0 spiro atoms. The molecule has 0 unspecified atom stereocenters. The Morgan fingerprint density at radius 2 is 1.72 bits per heavy atom. The van der Waals surface area contributed by atoms with E-state index in [1.54, 1.807) is 9.47 Å². The third-order valence-corrected chi connectivity index (χ3v) is 5.40. The van der Waals surface area contributed by atoms with Crippen molar-refractivity contribution >= 4 is 28.6 Å². The largest absolute Gasteiger partial charge is 0.348 e. The number of benzene rings is 2. The number of aromatic nitrogens is 2. The van der Waals surface area contributed by atoms with Crippen molar-refractivity contribution in [2.75, 3.05) is 36.4 Å². The molecule has 4 rings (SSSR count). The lowest BCUT2D eigenvalue weighted by atomic mass is 10.2. The Kier molecular flexibility index (Phi) is 5.20. The Morgan fingerprint density at radius 1 is 1.03 bits per heavy atom. The number of hydrogen-bond donors (Lipinski definition) is 1.